The van der Waals surface area contributed by atoms with Gasteiger partial charge in [-0.05, 0) is 12.1 Å². The monoisotopic (exact) mass is 261 g/mol. The molecule has 3 rings (SSSR count). The SMILES string of the molecule is O=C(NCC1(O)CCOC1)c1ccc2cn[nH]c2c1. The van der Waals surface area contributed by atoms with Crippen molar-refractivity contribution in [2.75, 3.05) is 19.8 Å². The normalized spacial score (nSPS) is 22.8. The Morgan fingerprint density at radius 2 is 2.47 bits per heavy atom. The summed E-state index contributed by atoms with van der Waals surface area (Å²) < 4.78 is 5.13. The second-order valence-corrected chi connectivity index (χ2v) is 4.88. The van der Waals surface area contributed by atoms with Crippen LogP contribution in [0.1, 0.15) is 16.8 Å². The zero-order valence-corrected chi connectivity index (χ0v) is 10.3. The van der Waals surface area contributed by atoms with Crippen molar-refractivity contribution >= 4 is 16.8 Å². The van der Waals surface area contributed by atoms with Crippen LogP contribution in [0.5, 0.6) is 0 Å². The Morgan fingerprint density at radius 1 is 1.58 bits per heavy atom. The first-order chi connectivity index (χ1) is 9.16. The van der Waals surface area contributed by atoms with E-state index in [1.54, 1.807) is 18.3 Å². The number of hydrogen-bond donors (Lipinski definition) is 3. The van der Waals surface area contributed by atoms with Gasteiger partial charge in [-0.3, -0.25) is 9.89 Å². The number of hydrogen-bond acceptors (Lipinski definition) is 4. The van der Waals surface area contributed by atoms with Crippen LogP contribution in [0.15, 0.2) is 24.4 Å². The van der Waals surface area contributed by atoms with Crippen LogP contribution in [0.3, 0.4) is 0 Å². The molecule has 1 unspecified atom stereocenters. The molecular weight excluding hydrogens is 246 g/mol. The molecule has 1 fully saturated rings. The number of aromatic amines is 1. The van der Waals surface area contributed by atoms with E-state index in [2.05, 4.69) is 15.5 Å². The zero-order valence-electron chi connectivity index (χ0n) is 10.3. The minimum Gasteiger partial charge on any atom is -0.386 e. The standard InChI is InChI=1S/C13H15N3O3/c17-12(14-7-13(18)3-4-19-8-13)9-1-2-10-6-15-16-11(10)5-9/h1-2,5-6,18H,3-4,7-8H2,(H,14,17)(H,15,16). The summed E-state index contributed by atoms with van der Waals surface area (Å²) >= 11 is 0. The summed E-state index contributed by atoms with van der Waals surface area (Å²) in [5, 5.41) is 20.5. The summed E-state index contributed by atoms with van der Waals surface area (Å²) in [6, 6.07) is 5.32. The number of carbonyl (C=O) groups excluding carboxylic acids is 1. The molecule has 0 saturated carbocycles. The Kier molecular flexibility index (Phi) is 2.96. The molecule has 1 saturated heterocycles. The molecule has 1 atom stereocenters. The van der Waals surface area contributed by atoms with Crippen LogP contribution in [0.2, 0.25) is 0 Å². The third-order valence-electron chi connectivity index (χ3n) is 3.36. The Balaban J connectivity index is 1.69. The number of nitrogens with zero attached hydrogens (tertiary/aromatic N) is 1. The lowest BCUT2D eigenvalue weighted by Crippen LogP contribution is -2.43. The Morgan fingerprint density at radius 3 is 3.26 bits per heavy atom. The van der Waals surface area contributed by atoms with Gasteiger partial charge in [0.25, 0.3) is 5.91 Å². The molecule has 19 heavy (non-hydrogen) atoms. The molecule has 1 aromatic carbocycles. The molecule has 100 valence electrons. The molecule has 6 heteroatoms. The lowest BCUT2D eigenvalue weighted by Gasteiger charge is -2.20. The number of benzene rings is 1. The van der Waals surface area contributed by atoms with Gasteiger partial charge in [-0.15, -0.1) is 0 Å². The fraction of sp³-hybridized carbons (Fsp3) is 0.385. The van der Waals surface area contributed by atoms with Crippen LogP contribution in [0, 0.1) is 0 Å². The molecule has 0 bridgehead atoms. The number of carbonyl (C=O) groups is 1. The summed E-state index contributed by atoms with van der Waals surface area (Å²) in [4.78, 5) is 12.0. The van der Waals surface area contributed by atoms with Crippen LogP contribution in [0.4, 0.5) is 0 Å². The van der Waals surface area contributed by atoms with Gasteiger partial charge in [0, 0.05) is 30.5 Å². The fourth-order valence-electron chi connectivity index (χ4n) is 2.16. The van der Waals surface area contributed by atoms with Crippen LogP contribution in [0.25, 0.3) is 10.9 Å². The minimum absolute atomic E-state index is 0.201. The number of rotatable bonds is 3. The van der Waals surface area contributed by atoms with Gasteiger partial charge in [0.05, 0.1) is 18.3 Å². The molecular formula is C13H15N3O3. The number of fused-ring (bicyclic) bond motifs is 1. The Bertz CT molecular complexity index is 602. The van der Waals surface area contributed by atoms with E-state index in [9.17, 15) is 9.90 Å². The van der Waals surface area contributed by atoms with Crippen molar-refractivity contribution in [3.63, 3.8) is 0 Å². The van der Waals surface area contributed by atoms with E-state index in [1.165, 1.54) is 0 Å². The van der Waals surface area contributed by atoms with Crippen molar-refractivity contribution in [1.29, 1.82) is 0 Å². The molecule has 1 aliphatic heterocycles. The van der Waals surface area contributed by atoms with Gasteiger partial charge in [0.2, 0.25) is 0 Å². The van der Waals surface area contributed by atoms with Crippen molar-refractivity contribution in [1.82, 2.24) is 15.5 Å². The van der Waals surface area contributed by atoms with E-state index in [0.29, 0.717) is 18.6 Å². The Labute approximate surface area is 109 Å². The van der Waals surface area contributed by atoms with Crippen molar-refractivity contribution in [2.24, 2.45) is 0 Å². The van der Waals surface area contributed by atoms with E-state index >= 15 is 0 Å². The summed E-state index contributed by atoms with van der Waals surface area (Å²) in [5.41, 5.74) is 0.420. The molecule has 6 nitrogen and oxygen atoms in total. The molecule has 1 aromatic heterocycles. The topological polar surface area (TPSA) is 87.2 Å². The highest BCUT2D eigenvalue weighted by molar-refractivity contribution is 5.97. The molecule has 0 spiro atoms. The van der Waals surface area contributed by atoms with E-state index in [0.717, 1.165) is 10.9 Å². The molecule has 1 aliphatic rings. The number of aliphatic hydroxyl groups is 1. The second kappa shape index (κ2) is 4.64. The van der Waals surface area contributed by atoms with Crippen LogP contribution >= 0.6 is 0 Å². The Hall–Kier alpha value is -1.92. The highest BCUT2D eigenvalue weighted by Crippen LogP contribution is 2.17. The van der Waals surface area contributed by atoms with Gasteiger partial charge in [-0.2, -0.15) is 5.10 Å². The maximum Gasteiger partial charge on any atom is 0.251 e. The van der Waals surface area contributed by atoms with Gasteiger partial charge in [0.15, 0.2) is 0 Å². The van der Waals surface area contributed by atoms with Crippen molar-refractivity contribution in [3.8, 4) is 0 Å². The van der Waals surface area contributed by atoms with Gasteiger partial charge in [0.1, 0.15) is 5.60 Å². The average molecular weight is 261 g/mol. The van der Waals surface area contributed by atoms with E-state index < -0.39 is 5.60 Å². The van der Waals surface area contributed by atoms with Crippen LogP contribution in [-0.4, -0.2) is 46.6 Å². The number of aromatic nitrogens is 2. The number of nitrogens with one attached hydrogen (secondary N) is 2. The predicted molar refractivity (Wildman–Crippen MR) is 68.8 cm³/mol. The molecule has 0 radical (unpaired) electrons. The fourth-order valence-corrected chi connectivity index (χ4v) is 2.16. The third-order valence-corrected chi connectivity index (χ3v) is 3.36. The van der Waals surface area contributed by atoms with Crippen molar-refractivity contribution < 1.29 is 14.6 Å². The molecule has 2 aromatic rings. The van der Waals surface area contributed by atoms with Crippen LogP contribution < -0.4 is 5.32 Å². The molecule has 1 amide bonds. The largest absolute Gasteiger partial charge is 0.386 e. The van der Waals surface area contributed by atoms with E-state index in [4.69, 9.17) is 4.74 Å². The summed E-state index contributed by atoms with van der Waals surface area (Å²) in [6.45, 7) is 1.01. The zero-order chi connectivity index (χ0) is 13.3. The lowest BCUT2D eigenvalue weighted by atomic mass is 10.0. The van der Waals surface area contributed by atoms with Gasteiger partial charge < -0.3 is 15.2 Å². The maximum absolute atomic E-state index is 12.0. The first-order valence-corrected chi connectivity index (χ1v) is 6.18. The second-order valence-electron chi connectivity index (χ2n) is 4.88. The van der Waals surface area contributed by atoms with Crippen LogP contribution in [-0.2, 0) is 4.74 Å². The summed E-state index contributed by atoms with van der Waals surface area (Å²) in [7, 11) is 0. The quantitative estimate of drug-likeness (QED) is 0.748. The summed E-state index contributed by atoms with van der Waals surface area (Å²) in [5.74, 6) is -0.211. The third kappa shape index (κ3) is 2.45. The van der Waals surface area contributed by atoms with Gasteiger partial charge in [-0.1, -0.05) is 6.07 Å². The molecule has 2 heterocycles. The number of ether oxygens (including phenoxy) is 1. The summed E-state index contributed by atoms with van der Waals surface area (Å²) in [6.07, 6.45) is 2.25. The van der Waals surface area contributed by atoms with E-state index in [1.807, 2.05) is 6.07 Å². The first-order valence-electron chi connectivity index (χ1n) is 6.18. The van der Waals surface area contributed by atoms with Crippen molar-refractivity contribution in [2.45, 2.75) is 12.0 Å². The van der Waals surface area contributed by atoms with Gasteiger partial charge in [-0.25, -0.2) is 0 Å². The van der Waals surface area contributed by atoms with E-state index in [-0.39, 0.29) is 19.1 Å². The van der Waals surface area contributed by atoms with Gasteiger partial charge >= 0.3 is 0 Å². The highest BCUT2D eigenvalue weighted by Gasteiger charge is 2.32. The lowest BCUT2D eigenvalue weighted by molar-refractivity contribution is 0.0264. The smallest absolute Gasteiger partial charge is 0.251 e. The minimum atomic E-state index is -0.937. The molecule has 3 N–H and O–H groups in total. The van der Waals surface area contributed by atoms with Crippen molar-refractivity contribution in [3.05, 3.63) is 30.0 Å². The number of H-pyrrole nitrogens is 1. The highest BCUT2D eigenvalue weighted by atomic mass is 16.5. The first kappa shape index (κ1) is 12.1. The molecule has 0 aliphatic carbocycles. The maximum atomic E-state index is 12.0. The average Bonchev–Trinajstić information content (AvgIpc) is 3.04. The number of amides is 1. The predicted octanol–water partition coefficient (Wildman–Crippen LogP) is 0.444.